The average molecular weight is 268 g/mol. The first-order valence-electron chi connectivity index (χ1n) is 5.21. The zero-order valence-corrected chi connectivity index (χ0v) is 10.8. The molecule has 0 radical (unpaired) electrons. The lowest BCUT2D eigenvalue weighted by Gasteiger charge is -1.97. The lowest BCUT2D eigenvalue weighted by atomic mass is 10.3. The quantitative estimate of drug-likeness (QED) is 0.814. The van der Waals surface area contributed by atoms with Crippen molar-refractivity contribution < 1.29 is 14.1 Å². The Hall–Kier alpha value is -1.96. The Kier molecular flexibility index (Phi) is 3.88. The van der Waals surface area contributed by atoms with Gasteiger partial charge in [0, 0.05) is 5.38 Å². The van der Waals surface area contributed by atoms with Crippen molar-refractivity contribution in [2.75, 3.05) is 12.4 Å². The smallest absolute Gasteiger partial charge is 0.311 e. The number of rotatable bonds is 5. The van der Waals surface area contributed by atoms with E-state index in [9.17, 15) is 4.79 Å². The van der Waals surface area contributed by atoms with Gasteiger partial charge >= 0.3 is 5.97 Å². The maximum atomic E-state index is 11.1. The van der Waals surface area contributed by atoms with Crippen LogP contribution in [0.3, 0.4) is 0 Å². The molecular formula is C10H12N4O3S. The van der Waals surface area contributed by atoms with E-state index in [1.807, 2.05) is 0 Å². The third kappa shape index (κ3) is 3.27. The van der Waals surface area contributed by atoms with E-state index < -0.39 is 0 Å². The minimum Gasteiger partial charge on any atom is -0.469 e. The molecule has 0 saturated carbocycles. The van der Waals surface area contributed by atoms with Gasteiger partial charge in [0.25, 0.3) is 0 Å². The molecule has 0 fully saturated rings. The van der Waals surface area contributed by atoms with E-state index in [-0.39, 0.29) is 12.4 Å². The van der Waals surface area contributed by atoms with Crippen molar-refractivity contribution in [3.05, 3.63) is 22.8 Å². The van der Waals surface area contributed by atoms with Gasteiger partial charge in [-0.05, 0) is 6.92 Å². The molecule has 0 spiro atoms. The van der Waals surface area contributed by atoms with Crippen LogP contribution in [0.15, 0.2) is 9.90 Å². The number of hydrogen-bond donors (Lipinski definition) is 1. The van der Waals surface area contributed by atoms with E-state index in [0.717, 1.165) is 0 Å². The highest BCUT2D eigenvalue weighted by Crippen LogP contribution is 2.16. The number of methoxy groups -OCH3 is 1. The van der Waals surface area contributed by atoms with E-state index in [4.69, 9.17) is 4.52 Å². The lowest BCUT2D eigenvalue weighted by molar-refractivity contribution is -0.139. The molecule has 0 aromatic carbocycles. The van der Waals surface area contributed by atoms with Gasteiger partial charge in [-0.25, -0.2) is 4.98 Å². The fourth-order valence-electron chi connectivity index (χ4n) is 1.25. The summed E-state index contributed by atoms with van der Waals surface area (Å²) >= 11 is 1.41. The van der Waals surface area contributed by atoms with Crippen LogP contribution < -0.4 is 5.32 Å². The number of thiazole rings is 1. The highest BCUT2D eigenvalue weighted by molar-refractivity contribution is 7.13. The zero-order valence-electron chi connectivity index (χ0n) is 9.97. The number of esters is 1. The molecule has 18 heavy (non-hydrogen) atoms. The Morgan fingerprint density at radius 1 is 1.56 bits per heavy atom. The monoisotopic (exact) mass is 268 g/mol. The standard InChI is InChI=1S/C10H12N4O3S/c1-6-12-8(17-14-6)4-11-10-13-7(5-18-10)3-9(15)16-2/h5H,3-4H2,1-2H3,(H,11,13). The highest BCUT2D eigenvalue weighted by atomic mass is 32.1. The Labute approximate surface area is 107 Å². The fraction of sp³-hybridized carbons (Fsp3) is 0.400. The second-order valence-corrected chi connectivity index (χ2v) is 4.34. The van der Waals surface area contributed by atoms with Crippen molar-refractivity contribution in [3.8, 4) is 0 Å². The first-order valence-corrected chi connectivity index (χ1v) is 6.09. The summed E-state index contributed by atoms with van der Waals surface area (Å²) in [5, 5.41) is 9.23. The van der Waals surface area contributed by atoms with Gasteiger partial charge in [0.15, 0.2) is 11.0 Å². The molecule has 0 aliphatic rings. The Balaban J connectivity index is 1.88. The second kappa shape index (κ2) is 5.58. The van der Waals surface area contributed by atoms with Crippen LogP contribution in [0.1, 0.15) is 17.4 Å². The Bertz CT molecular complexity index is 537. The molecule has 0 bridgehead atoms. The van der Waals surface area contributed by atoms with Crippen LogP contribution in [0.4, 0.5) is 5.13 Å². The molecule has 1 N–H and O–H groups in total. The summed E-state index contributed by atoms with van der Waals surface area (Å²) in [4.78, 5) is 19.4. The van der Waals surface area contributed by atoms with Crippen molar-refractivity contribution in [1.29, 1.82) is 0 Å². The number of hydrogen-bond acceptors (Lipinski definition) is 8. The molecule has 2 heterocycles. The van der Waals surface area contributed by atoms with Crippen LogP contribution in [0.2, 0.25) is 0 Å². The van der Waals surface area contributed by atoms with Crippen LogP contribution in [-0.4, -0.2) is 28.2 Å². The summed E-state index contributed by atoms with van der Waals surface area (Å²) in [6, 6.07) is 0. The highest BCUT2D eigenvalue weighted by Gasteiger charge is 2.08. The van der Waals surface area contributed by atoms with Crippen LogP contribution >= 0.6 is 11.3 Å². The average Bonchev–Trinajstić information content (AvgIpc) is 2.96. The second-order valence-electron chi connectivity index (χ2n) is 3.49. The summed E-state index contributed by atoms with van der Waals surface area (Å²) in [5.41, 5.74) is 0.677. The van der Waals surface area contributed by atoms with Gasteiger partial charge in [0.1, 0.15) is 0 Å². The van der Waals surface area contributed by atoms with E-state index >= 15 is 0 Å². The molecular weight excluding hydrogens is 256 g/mol. The van der Waals surface area contributed by atoms with Crippen molar-refractivity contribution in [2.45, 2.75) is 19.9 Å². The lowest BCUT2D eigenvalue weighted by Crippen LogP contribution is -2.05. The number of aryl methyl sites for hydroxylation is 1. The maximum absolute atomic E-state index is 11.1. The third-order valence-corrected chi connectivity index (χ3v) is 2.91. The molecule has 0 aliphatic carbocycles. The van der Waals surface area contributed by atoms with Crippen molar-refractivity contribution in [2.24, 2.45) is 0 Å². The number of carbonyl (C=O) groups is 1. The predicted octanol–water partition coefficient (Wildman–Crippen LogP) is 1.16. The minimum atomic E-state index is -0.306. The van der Waals surface area contributed by atoms with Crippen LogP contribution in [0, 0.1) is 6.92 Å². The summed E-state index contributed by atoms with van der Waals surface area (Å²) in [6.07, 6.45) is 0.175. The van der Waals surface area contributed by atoms with Gasteiger partial charge in [0.2, 0.25) is 5.89 Å². The van der Waals surface area contributed by atoms with Crippen LogP contribution in [-0.2, 0) is 22.5 Å². The van der Waals surface area contributed by atoms with Gasteiger partial charge in [-0.3, -0.25) is 4.79 Å². The Morgan fingerprint density at radius 3 is 3.06 bits per heavy atom. The molecule has 0 saturated heterocycles. The molecule has 0 unspecified atom stereocenters. The number of aromatic nitrogens is 3. The Morgan fingerprint density at radius 2 is 2.39 bits per heavy atom. The zero-order chi connectivity index (χ0) is 13.0. The summed E-state index contributed by atoms with van der Waals surface area (Å²) < 4.78 is 9.52. The summed E-state index contributed by atoms with van der Waals surface area (Å²) in [5.74, 6) is 0.786. The maximum Gasteiger partial charge on any atom is 0.311 e. The molecule has 2 aromatic rings. The summed E-state index contributed by atoms with van der Waals surface area (Å²) in [6.45, 7) is 2.16. The topological polar surface area (TPSA) is 90.1 Å². The van der Waals surface area contributed by atoms with Crippen molar-refractivity contribution in [1.82, 2.24) is 15.1 Å². The van der Waals surface area contributed by atoms with E-state index in [1.165, 1.54) is 18.4 Å². The molecule has 0 amide bonds. The molecule has 8 heteroatoms. The van der Waals surface area contributed by atoms with Crippen LogP contribution in [0.25, 0.3) is 0 Å². The molecule has 0 atom stereocenters. The first kappa shape index (κ1) is 12.5. The number of nitrogens with one attached hydrogen (secondary N) is 1. The van der Waals surface area contributed by atoms with Crippen molar-refractivity contribution in [3.63, 3.8) is 0 Å². The normalized spacial score (nSPS) is 10.3. The molecule has 2 rings (SSSR count). The van der Waals surface area contributed by atoms with Gasteiger partial charge in [-0.2, -0.15) is 4.98 Å². The molecule has 0 aliphatic heterocycles. The van der Waals surface area contributed by atoms with Crippen molar-refractivity contribution >= 4 is 22.4 Å². The third-order valence-electron chi connectivity index (χ3n) is 2.07. The molecule has 7 nitrogen and oxygen atoms in total. The van der Waals surface area contributed by atoms with E-state index in [2.05, 4.69) is 25.2 Å². The number of carbonyl (C=O) groups excluding carboxylic acids is 1. The predicted molar refractivity (Wildman–Crippen MR) is 64.2 cm³/mol. The van der Waals surface area contributed by atoms with E-state index in [1.54, 1.807) is 12.3 Å². The van der Waals surface area contributed by atoms with Gasteiger partial charge in [-0.1, -0.05) is 5.16 Å². The van der Waals surface area contributed by atoms with Gasteiger partial charge < -0.3 is 14.6 Å². The van der Waals surface area contributed by atoms with E-state index in [0.29, 0.717) is 29.1 Å². The molecule has 96 valence electrons. The summed E-state index contributed by atoms with van der Waals surface area (Å²) in [7, 11) is 1.35. The number of anilines is 1. The first-order chi connectivity index (χ1) is 8.67. The largest absolute Gasteiger partial charge is 0.469 e. The van der Waals surface area contributed by atoms with Gasteiger partial charge in [0.05, 0.1) is 25.8 Å². The SMILES string of the molecule is COC(=O)Cc1csc(NCc2nc(C)no2)n1. The molecule has 2 aromatic heterocycles. The fourth-order valence-corrected chi connectivity index (χ4v) is 1.96. The van der Waals surface area contributed by atoms with Crippen LogP contribution in [0.5, 0.6) is 0 Å². The number of nitrogens with zero attached hydrogens (tertiary/aromatic N) is 3. The van der Waals surface area contributed by atoms with Gasteiger partial charge in [-0.15, -0.1) is 11.3 Å². The number of ether oxygens (including phenoxy) is 1. The minimum absolute atomic E-state index is 0.175.